The minimum absolute atomic E-state index is 0.0278. The molecule has 0 aliphatic carbocycles. The third kappa shape index (κ3) is 2.10. The molecule has 12 heavy (non-hydrogen) atoms. The van der Waals surface area contributed by atoms with Gasteiger partial charge in [0.2, 0.25) is 0 Å². The van der Waals surface area contributed by atoms with E-state index in [0.29, 0.717) is 0 Å². The summed E-state index contributed by atoms with van der Waals surface area (Å²) in [5.41, 5.74) is 0. The molecular formula is C8H11NO3. The van der Waals surface area contributed by atoms with Crippen LogP contribution in [-0.4, -0.2) is 29.9 Å². The highest BCUT2D eigenvalue weighted by atomic mass is 16.5. The Bertz CT molecular complexity index is 224. The predicted octanol–water partition coefficient (Wildman–Crippen LogP) is 0.318. The molecule has 1 fully saturated rings. The van der Waals surface area contributed by atoms with E-state index in [1.165, 1.54) is 6.92 Å². The molecule has 0 spiro atoms. The molecule has 4 nitrogen and oxygen atoms in total. The Morgan fingerprint density at radius 2 is 2.00 bits per heavy atom. The van der Waals surface area contributed by atoms with Crippen LogP contribution >= 0.6 is 0 Å². The summed E-state index contributed by atoms with van der Waals surface area (Å²) in [6.45, 7) is 2.82. The lowest BCUT2D eigenvalue weighted by Crippen LogP contribution is -2.22. The summed E-state index contributed by atoms with van der Waals surface area (Å²) in [6.07, 6.45) is 2.07. The van der Waals surface area contributed by atoms with Crippen molar-refractivity contribution in [2.45, 2.75) is 19.8 Å². The average Bonchev–Trinajstić information content (AvgIpc) is 2.51. The van der Waals surface area contributed by atoms with Gasteiger partial charge in [-0.05, 0) is 12.8 Å². The number of hydrogen-bond acceptors (Lipinski definition) is 4. The lowest BCUT2D eigenvalue weighted by atomic mass is 10.4. The second-order valence-electron chi connectivity index (χ2n) is 2.70. The smallest absolute Gasteiger partial charge is 0.309 e. The van der Waals surface area contributed by atoms with Crippen molar-refractivity contribution in [2.24, 2.45) is 0 Å². The fourth-order valence-corrected chi connectivity index (χ4v) is 1.21. The molecule has 1 rings (SSSR count). The minimum atomic E-state index is -0.472. The van der Waals surface area contributed by atoms with Crippen LogP contribution in [0.3, 0.4) is 0 Å². The van der Waals surface area contributed by atoms with Crippen LogP contribution in [0.25, 0.3) is 0 Å². The van der Waals surface area contributed by atoms with Gasteiger partial charge >= 0.3 is 5.97 Å². The van der Waals surface area contributed by atoms with Crippen LogP contribution in [0.2, 0.25) is 0 Å². The number of nitrogens with zero attached hydrogens (tertiary/aromatic N) is 1. The van der Waals surface area contributed by atoms with Gasteiger partial charge < -0.3 is 9.64 Å². The van der Waals surface area contributed by atoms with Gasteiger partial charge in [0.25, 0.3) is 5.88 Å². The van der Waals surface area contributed by atoms with E-state index in [4.69, 9.17) is 0 Å². The van der Waals surface area contributed by atoms with Crippen molar-refractivity contribution in [3.63, 3.8) is 0 Å². The summed E-state index contributed by atoms with van der Waals surface area (Å²) in [7, 11) is 0. The van der Waals surface area contributed by atoms with Gasteiger partial charge in [0.15, 0.2) is 5.94 Å². The van der Waals surface area contributed by atoms with Gasteiger partial charge in [0.1, 0.15) is 0 Å². The van der Waals surface area contributed by atoms with E-state index in [1.807, 2.05) is 0 Å². The first kappa shape index (κ1) is 8.81. The number of carbonyl (C=O) groups excluding carboxylic acids is 2. The van der Waals surface area contributed by atoms with Crippen LogP contribution in [-0.2, 0) is 14.3 Å². The Hall–Kier alpha value is -1.28. The van der Waals surface area contributed by atoms with Crippen LogP contribution in [0.4, 0.5) is 0 Å². The number of hydrogen-bond donors (Lipinski definition) is 0. The molecule has 0 atom stereocenters. The summed E-state index contributed by atoms with van der Waals surface area (Å²) in [4.78, 5) is 22.6. The highest BCUT2D eigenvalue weighted by Crippen LogP contribution is 2.13. The zero-order valence-corrected chi connectivity index (χ0v) is 7.00. The number of ether oxygens (including phenoxy) is 1. The summed E-state index contributed by atoms with van der Waals surface area (Å²) < 4.78 is 4.66. The topological polar surface area (TPSA) is 46.6 Å². The van der Waals surface area contributed by atoms with Crippen molar-refractivity contribution >= 4 is 11.9 Å². The highest BCUT2D eigenvalue weighted by Gasteiger charge is 2.17. The third-order valence-corrected chi connectivity index (χ3v) is 1.72. The lowest BCUT2D eigenvalue weighted by Gasteiger charge is -2.15. The largest absolute Gasteiger partial charge is 0.399 e. The molecule has 0 amide bonds. The quantitative estimate of drug-likeness (QED) is 0.339. The fourth-order valence-electron chi connectivity index (χ4n) is 1.21. The van der Waals surface area contributed by atoms with Gasteiger partial charge in [-0.3, -0.25) is 4.79 Å². The molecule has 66 valence electrons. The van der Waals surface area contributed by atoms with E-state index in [1.54, 1.807) is 10.8 Å². The molecule has 0 aromatic carbocycles. The van der Waals surface area contributed by atoms with Crippen molar-refractivity contribution in [1.82, 2.24) is 4.90 Å². The maximum absolute atomic E-state index is 10.5. The minimum Gasteiger partial charge on any atom is -0.399 e. The van der Waals surface area contributed by atoms with E-state index in [2.05, 4.69) is 4.74 Å². The number of carbonyl (C=O) groups is 1. The summed E-state index contributed by atoms with van der Waals surface area (Å²) in [5, 5.41) is 0. The SMILES string of the molecule is CC(=O)OC(=C=O)N1CCCC1. The second-order valence-corrected chi connectivity index (χ2v) is 2.70. The number of esters is 1. The van der Waals surface area contributed by atoms with Gasteiger partial charge in [0.05, 0.1) is 0 Å². The normalized spacial score (nSPS) is 15.6. The monoisotopic (exact) mass is 169 g/mol. The van der Waals surface area contributed by atoms with Crippen molar-refractivity contribution < 1.29 is 14.3 Å². The van der Waals surface area contributed by atoms with E-state index in [0.717, 1.165) is 25.9 Å². The van der Waals surface area contributed by atoms with Crippen LogP contribution < -0.4 is 0 Å². The molecule has 1 saturated heterocycles. The van der Waals surface area contributed by atoms with Crippen molar-refractivity contribution in [1.29, 1.82) is 0 Å². The Kier molecular flexibility index (Phi) is 2.88. The molecule has 1 heterocycles. The molecule has 0 radical (unpaired) electrons. The van der Waals surface area contributed by atoms with E-state index < -0.39 is 5.97 Å². The zero-order valence-electron chi connectivity index (χ0n) is 7.00. The van der Waals surface area contributed by atoms with Gasteiger partial charge in [-0.2, -0.15) is 0 Å². The van der Waals surface area contributed by atoms with Crippen molar-refractivity contribution in [3.05, 3.63) is 5.88 Å². The summed E-state index contributed by atoms with van der Waals surface area (Å²) >= 11 is 0. The molecular weight excluding hydrogens is 158 g/mol. The average molecular weight is 169 g/mol. The first-order valence-corrected chi connectivity index (χ1v) is 3.92. The lowest BCUT2D eigenvalue weighted by molar-refractivity contribution is -0.138. The Morgan fingerprint density at radius 1 is 1.42 bits per heavy atom. The Labute approximate surface area is 70.8 Å². The van der Waals surface area contributed by atoms with Crippen LogP contribution in [0.5, 0.6) is 0 Å². The van der Waals surface area contributed by atoms with Gasteiger partial charge in [-0.15, -0.1) is 0 Å². The van der Waals surface area contributed by atoms with Crippen LogP contribution in [0.15, 0.2) is 5.88 Å². The molecule has 1 aliphatic rings. The second kappa shape index (κ2) is 3.93. The number of rotatable bonds is 2. The highest BCUT2D eigenvalue weighted by molar-refractivity contribution is 5.69. The molecule has 4 heteroatoms. The Morgan fingerprint density at radius 3 is 2.42 bits per heavy atom. The van der Waals surface area contributed by atoms with Crippen molar-refractivity contribution in [2.75, 3.05) is 13.1 Å². The van der Waals surface area contributed by atoms with E-state index in [-0.39, 0.29) is 5.88 Å². The maximum atomic E-state index is 10.5. The van der Waals surface area contributed by atoms with E-state index >= 15 is 0 Å². The molecule has 1 aliphatic heterocycles. The van der Waals surface area contributed by atoms with Crippen LogP contribution in [0.1, 0.15) is 19.8 Å². The Balaban J connectivity index is 2.56. The van der Waals surface area contributed by atoms with Crippen molar-refractivity contribution in [3.8, 4) is 0 Å². The summed E-state index contributed by atoms with van der Waals surface area (Å²) in [5.74, 6) is 1.18. The maximum Gasteiger partial charge on any atom is 0.309 e. The molecule has 0 unspecified atom stereocenters. The van der Waals surface area contributed by atoms with Crippen LogP contribution in [0, 0.1) is 0 Å². The molecule has 0 bridgehead atoms. The third-order valence-electron chi connectivity index (χ3n) is 1.72. The summed E-state index contributed by atoms with van der Waals surface area (Å²) in [6, 6.07) is 0. The zero-order chi connectivity index (χ0) is 8.97. The van der Waals surface area contributed by atoms with E-state index in [9.17, 15) is 9.59 Å². The molecule has 0 aromatic heterocycles. The van der Waals surface area contributed by atoms with Gasteiger partial charge in [-0.25, -0.2) is 4.79 Å². The molecule has 0 aromatic rings. The number of likely N-dealkylation sites (tertiary alicyclic amines) is 1. The molecule has 0 N–H and O–H groups in total. The predicted molar refractivity (Wildman–Crippen MR) is 41.8 cm³/mol. The van der Waals surface area contributed by atoms with Gasteiger partial charge in [0, 0.05) is 20.0 Å². The fraction of sp³-hybridized carbons (Fsp3) is 0.625. The standard InChI is InChI=1S/C8H11NO3/c1-7(11)12-8(6-10)9-4-2-3-5-9/h2-5H2,1H3. The first-order valence-electron chi connectivity index (χ1n) is 3.92. The first-order chi connectivity index (χ1) is 5.74. The van der Waals surface area contributed by atoms with Gasteiger partial charge in [-0.1, -0.05) is 0 Å². The molecule has 0 saturated carbocycles.